The predicted octanol–water partition coefficient (Wildman–Crippen LogP) is -3.57. The molecule has 14 heteroatoms. The van der Waals surface area contributed by atoms with Crippen molar-refractivity contribution < 1.29 is 54.4 Å². The summed E-state index contributed by atoms with van der Waals surface area (Å²) < 4.78 is 70.9. The lowest BCUT2D eigenvalue weighted by Gasteiger charge is -2.38. The van der Waals surface area contributed by atoms with Crippen LogP contribution in [0.4, 0.5) is 0 Å². The highest BCUT2D eigenvalue weighted by Crippen LogP contribution is 2.23. The van der Waals surface area contributed by atoms with Gasteiger partial charge in [-0.25, -0.2) is 8.37 Å². The van der Waals surface area contributed by atoms with Gasteiger partial charge in [0.05, 0.1) is 6.61 Å². The van der Waals surface area contributed by atoms with Crippen LogP contribution < -0.4 is 0 Å². The molecular weight excluding hydrogens is 328 g/mol. The van der Waals surface area contributed by atoms with E-state index < -0.39 is 58.1 Å². The maximum absolute atomic E-state index is 10.5. The SMILES string of the molecule is O=S(=O)(O)OC[C@H]1O[C@H](OS(=O)(=O)O)[C@H](O)[C@@H](O)[C@@H]1O. The lowest BCUT2D eigenvalue weighted by molar-refractivity contribution is -0.276. The lowest BCUT2D eigenvalue weighted by Crippen LogP contribution is -2.59. The van der Waals surface area contributed by atoms with Crippen molar-refractivity contribution in [3.63, 3.8) is 0 Å². The van der Waals surface area contributed by atoms with E-state index in [1.807, 2.05) is 0 Å². The van der Waals surface area contributed by atoms with Gasteiger partial charge in [-0.15, -0.1) is 0 Å². The zero-order valence-electron chi connectivity index (χ0n) is 9.50. The second kappa shape index (κ2) is 6.14. The molecule has 0 aliphatic carbocycles. The smallest absolute Gasteiger partial charge is 0.387 e. The fourth-order valence-electron chi connectivity index (χ4n) is 1.41. The van der Waals surface area contributed by atoms with Gasteiger partial charge in [-0.2, -0.15) is 16.8 Å². The van der Waals surface area contributed by atoms with Crippen molar-refractivity contribution in [2.45, 2.75) is 30.7 Å². The van der Waals surface area contributed by atoms with E-state index in [2.05, 4.69) is 13.1 Å². The molecule has 1 rings (SSSR count). The van der Waals surface area contributed by atoms with E-state index in [1.54, 1.807) is 0 Å². The van der Waals surface area contributed by atoms with Crippen LogP contribution in [0.15, 0.2) is 0 Å². The van der Waals surface area contributed by atoms with E-state index in [0.29, 0.717) is 0 Å². The third-order valence-electron chi connectivity index (χ3n) is 2.27. The van der Waals surface area contributed by atoms with Gasteiger partial charge in [-0.1, -0.05) is 0 Å². The van der Waals surface area contributed by atoms with E-state index in [9.17, 15) is 32.2 Å². The molecule has 0 saturated carbocycles. The minimum Gasteiger partial charge on any atom is -0.387 e. The van der Waals surface area contributed by atoms with Crippen molar-refractivity contribution in [3.05, 3.63) is 0 Å². The van der Waals surface area contributed by atoms with E-state index in [4.69, 9.17) is 9.11 Å². The summed E-state index contributed by atoms with van der Waals surface area (Å²) >= 11 is 0. The minimum atomic E-state index is -5.05. The summed E-state index contributed by atoms with van der Waals surface area (Å²) in [7, 11) is -9.92. The number of ether oxygens (including phenoxy) is 1. The summed E-state index contributed by atoms with van der Waals surface area (Å²) in [5, 5.41) is 28.2. The third kappa shape index (κ3) is 5.17. The molecule has 5 N–H and O–H groups in total. The van der Waals surface area contributed by atoms with Gasteiger partial charge in [0, 0.05) is 0 Å². The molecule has 1 aliphatic rings. The molecule has 0 unspecified atom stereocenters. The Kier molecular flexibility index (Phi) is 5.41. The Hall–Kier alpha value is -0.420. The highest BCUT2D eigenvalue weighted by Gasteiger charge is 2.46. The molecule has 0 aromatic heterocycles. The highest BCUT2D eigenvalue weighted by atomic mass is 32.3. The number of rotatable bonds is 5. The maximum atomic E-state index is 10.5. The van der Waals surface area contributed by atoms with E-state index in [0.717, 1.165) is 0 Å². The first-order valence-corrected chi connectivity index (χ1v) is 7.61. The molecule has 20 heavy (non-hydrogen) atoms. The largest absolute Gasteiger partial charge is 0.399 e. The molecule has 0 amide bonds. The van der Waals surface area contributed by atoms with Gasteiger partial charge >= 0.3 is 20.8 Å². The minimum absolute atomic E-state index is 1.00. The standard InChI is InChI=1S/C6H12O12S2/c7-3-2(1-16-19(10,11)12)17-6(5(9)4(3)8)18-20(13,14)15/h2-9H,1H2,(H,10,11,12)(H,13,14,15)/t2-,3-,4+,5-,6-/m1/s1. The van der Waals surface area contributed by atoms with Crippen LogP contribution in [-0.4, -0.2) is 78.6 Å². The zero-order valence-corrected chi connectivity index (χ0v) is 11.1. The fraction of sp³-hybridized carbons (Fsp3) is 1.00. The topological polar surface area (TPSA) is 197 Å². The average Bonchev–Trinajstić information content (AvgIpc) is 2.25. The van der Waals surface area contributed by atoms with Gasteiger partial charge in [-0.05, 0) is 0 Å². The predicted molar refractivity (Wildman–Crippen MR) is 56.8 cm³/mol. The van der Waals surface area contributed by atoms with Crippen molar-refractivity contribution >= 4 is 20.8 Å². The molecular formula is C6H12O12S2. The van der Waals surface area contributed by atoms with Crippen LogP contribution in [0.1, 0.15) is 0 Å². The van der Waals surface area contributed by atoms with Gasteiger partial charge in [0.25, 0.3) is 0 Å². The Morgan fingerprint density at radius 3 is 1.90 bits per heavy atom. The van der Waals surface area contributed by atoms with E-state index in [-0.39, 0.29) is 0 Å². The summed E-state index contributed by atoms with van der Waals surface area (Å²) in [4.78, 5) is 0. The Bertz CT molecular complexity index is 522. The van der Waals surface area contributed by atoms with E-state index in [1.165, 1.54) is 0 Å². The number of aliphatic hydroxyl groups excluding tert-OH is 3. The van der Waals surface area contributed by atoms with Gasteiger partial charge in [-0.3, -0.25) is 9.11 Å². The lowest BCUT2D eigenvalue weighted by atomic mass is 10.00. The van der Waals surface area contributed by atoms with Crippen LogP contribution in [0, 0.1) is 0 Å². The number of hydrogen-bond acceptors (Lipinski definition) is 10. The Balaban J connectivity index is 2.81. The van der Waals surface area contributed by atoms with E-state index >= 15 is 0 Å². The summed E-state index contributed by atoms with van der Waals surface area (Å²) in [5.74, 6) is 0. The van der Waals surface area contributed by atoms with Crippen LogP contribution in [0.5, 0.6) is 0 Å². The van der Waals surface area contributed by atoms with Crippen molar-refractivity contribution in [3.8, 4) is 0 Å². The quantitative estimate of drug-likeness (QED) is 0.309. The second-order valence-electron chi connectivity index (χ2n) is 3.75. The molecule has 1 aliphatic heterocycles. The van der Waals surface area contributed by atoms with Crippen molar-refractivity contribution in [2.75, 3.05) is 6.61 Å². The first kappa shape index (κ1) is 17.6. The maximum Gasteiger partial charge on any atom is 0.399 e. The molecule has 0 radical (unpaired) electrons. The molecule has 1 fully saturated rings. The van der Waals surface area contributed by atoms with Crippen LogP contribution in [-0.2, 0) is 33.9 Å². The molecule has 120 valence electrons. The van der Waals surface area contributed by atoms with Gasteiger partial charge in [0.2, 0.25) is 6.29 Å². The Morgan fingerprint density at radius 1 is 0.900 bits per heavy atom. The summed E-state index contributed by atoms with van der Waals surface area (Å²) in [5.41, 5.74) is 0. The molecule has 0 bridgehead atoms. The van der Waals surface area contributed by atoms with Gasteiger partial charge < -0.3 is 20.1 Å². The van der Waals surface area contributed by atoms with Crippen LogP contribution in [0.3, 0.4) is 0 Å². The summed E-state index contributed by atoms with van der Waals surface area (Å²) in [6.45, 7) is -1.00. The van der Waals surface area contributed by atoms with Gasteiger partial charge in [0.15, 0.2) is 0 Å². The molecule has 0 aromatic carbocycles. The van der Waals surface area contributed by atoms with Crippen LogP contribution in [0.25, 0.3) is 0 Å². The van der Waals surface area contributed by atoms with Crippen molar-refractivity contribution in [2.24, 2.45) is 0 Å². The van der Waals surface area contributed by atoms with Gasteiger partial charge in [0.1, 0.15) is 24.4 Å². The number of hydrogen-bond donors (Lipinski definition) is 5. The highest BCUT2D eigenvalue weighted by molar-refractivity contribution is 7.81. The molecule has 5 atom stereocenters. The Labute approximate surface area is 113 Å². The fourth-order valence-corrected chi connectivity index (χ4v) is 2.11. The Morgan fingerprint density at radius 2 is 1.45 bits per heavy atom. The first-order valence-electron chi connectivity index (χ1n) is 4.88. The molecule has 12 nitrogen and oxygen atoms in total. The van der Waals surface area contributed by atoms with Crippen LogP contribution in [0.2, 0.25) is 0 Å². The monoisotopic (exact) mass is 340 g/mol. The third-order valence-corrected chi connectivity index (χ3v) is 3.13. The summed E-state index contributed by atoms with van der Waals surface area (Å²) in [6, 6.07) is 0. The molecule has 1 saturated heterocycles. The molecule has 1 heterocycles. The normalized spacial score (nSPS) is 36.0. The second-order valence-corrected chi connectivity index (χ2v) is 5.89. The summed E-state index contributed by atoms with van der Waals surface area (Å²) in [6.07, 6.45) is -9.67. The van der Waals surface area contributed by atoms with Crippen molar-refractivity contribution in [1.82, 2.24) is 0 Å². The van der Waals surface area contributed by atoms with Crippen molar-refractivity contribution in [1.29, 1.82) is 0 Å². The van der Waals surface area contributed by atoms with Crippen LogP contribution >= 0.6 is 0 Å². The first-order chi connectivity index (χ1) is 8.91. The molecule has 0 aromatic rings. The number of aliphatic hydroxyl groups is 3. The zero-order chi connectivity index (χ0) is 15.7. The molecule has 0 spiro atoms. The average molecular weight is 340 g/mol.